The number of carbonyl (C=O) groups excluding carboxylic acids is 3. The highest BCUT2D eigenvalue weighted by Gasteiger charge is 2.19. The minimum absolute atomic E-state index is 0.0323. The molecule has 136 valence electrons. The van der Waals surface area contributed by atoms with Crippen molar-refractivity contribution >= 4 is 34.9 Å². The van der Waals surface area contributed by atoms with Crippen LogP contribution in [0.25, 0.3) is 0 Å². The van der Waals surface area contributed by atoms with Gasteiger partial charge in [-0.15, -0.1) is 0 Å². The van der Waals surface area contributed by atoms with E-state index in [9.17, 15) is 14.4 Å². The van der Waals surface area contributed by atoms with Gasteiger partial charge >= 0.3 is 5.97 Å². The van der Waals surface area contributed by atoms with Crippen LogP contribution in [-0.2, 0) is 14.3 Å². The predicted molar refractivity (Wildman–Crippen MR) is 100 cm³/mol. The quantitative estimate of drug-likeness (QED) is 0.583. The number of halogens is 1. The van der Waals surface area contributed by atoms with Gasteiger partial charge in [0, 0.05) is 22.7 Å². The Morgan fingerprint density at radius 2 is 1.77 bits per heavy atom. The van der Waals surface area contributed by atoms with Gasteiger partial charge in [0.2, 0.25) is 0 Å². The lowest BCUT2D eigenvalue weighted by molar-refractivity contribution is -0.153. The molecule has 5 nitrogen and oxygen atoms in total. The van der Waals surface area contributed by atoms with Crippen LogP contribution in [0.1, 0.15) is 35.7 Å². The van der Waals surface area contributed by atoms with Crippen LogP contribution < -0.4 is 5.32 Å². The molecular formula is C20H20ClNO4. The van der Waals surface area contributed by atoms with Crippen molar-refractivity contribution in [3.63, 3.8) is 0 Å². The molecule has 2 aromatic carbocycles. The zero-order valence-corrected chi connectivity index (χ0v) is 15.4. The second-order valence-corrected chi connectivity index (χ2v) is 6.31. The number of hydrogen-bond acceptors (Lipinski definition) is 4. The first kappa shape index (κ1) is 19.7. The second kappa shape index (κ2) is 9.15. The van der Waals surface area contributed by atoms with E-state index in [0.717, 1.165) is 5.56 Å². The number of Topliss-reactive ketones (excluding diaryl/α,β-unsaturated/α-hetero) is 1. The van der Waals surface area contributed by atoms with E-state index in [1.54, 1.807) is 42.5 Å². The normalized spacial score (nSPS) is 11.5. The summed E-state index contributed by atoms with van der Waals surface area (Å²) in [6.45, 7) is 3.31. The number of ether oxygens (including phenoxy) is 1. The van der Waals surface area contributed by atoms with Crippen LogP contribution in [0, 0.1) is 6.92 Å². The third kappa shape index (κ3) is 5.70. The largest absolute Gasteiger partial charge is 0.453 e. The first-order chi connectivity index (χ1) is 12.4. The standard InChI is InChI=1S/C20H20ClNO4/c1-13-8-9-16(21)12-17(13)22-20(25)14(2)26-19(24)11-10-18(23)15-6-4-3-5-7-15/h3-9,12,14H,10-11H2,1-2H3,(H,22,25)/t14-/m1/s1. The molecule has 1 N–H and O–H groups in total. The molecule has 0 bridgehead atoms. The highest BCUT2D eigenvalue weighted by atomic mass is 35.5. The SMILES string of the molecule is Cc1ccc(Cl)cc1NC(=O)[C@@H](C)OC(=O)CCC(=O)c1ccccc1. The number of aryl methyl sites for hydroxylation is 1. The summed E-state index contributed by atoms with van der Waals surface area (Å²) in [4.78, 5) is 36.0. The van der Waals surface area contributed by atoms with Gasteiger partial charge in [0.25, 0.3) is 5.91 Å². The van der Waals surface area contributed by atoms with Crippen molar-refractivity contribution in [2.24, 2.45) is 0 Å². The Balaban J connectivity index is 1.83. The van der Waals surface area contributed by atoms with Gasteiger partial charge in [-0.05, 0) is 31.5 Å². The molecule has 26 heavy (non-hydrogen) atoms. The Morgan fingerprint density at radius 3 is 2.46 bits per heavy atom. The first-order valence-corrected chi connectivity index (χ1v) is 8.59. The molecule has 1 amide bonds. The van der Waals surface area contributed by atoms with E-state index in [-0.39, 0.29) is 18.6 Å². The zero-order chi connectivity index (χ0) is 19.1. The van der Waals surface area contributed by atoms with E-state index >= 15 is 0 Å². The van der Waals surface area contributed by atoms with Crippen LogP contribution in [0.15, 0.2) is 48.5 Å². The summed E-state index contributed by atoms with van der Waals surface area (Å²) in [7, 11) is 0. The molecule has 0 aliphatic carbocycles. The van der Waals surface area contributed by atoms with E-state index in [1.807, 2.05) is 13.0 Å². The maximum Gasteiger partial charge on any atom is 0.307 e. The van der Waals surface area contributed by atoms with Crippen LogP contribution in [0.5, 0.6) is 0 Å². The van der Waals surface area contributed by atoms with E-state index in [1.165, 1.54) is 6.92 Å². The lowest BCUT2D eigenvalue weighted by Crippen LogP contribution is -2.30. The lowest BCUT2D eigenvalue weighted by atomic mass is 10.1. The summed E-state index contributed by atoms with van der Waals surface area (Å²) in [5.41, 5.74) is 1.95. The Morgan fingerprint density at radius 1 is 1.08 bits per heavy atom. The number of ketones is 1. The van der Waals surface area contributed by atoms with Crippen molar-refractivity contribution in [1.82, 2.24) is 0 Å². The van der Waals surface area contributed by atoms with Crippen molar-refractivity contribution in [3.8, 4) is 0 Å². The van der Waals surface area contributed by atoms with Gasteiger partial charge in [-0.3, -0.25) is 14.4 Å². The summed E-state index contributed by atoms with van der Waals surface area (Å²) < 4.78 is 5.10. The number of amides is 1. The molecule has 0 saturated heterocycles. The molecule has 0 aliphatic heterocycles. The van der Waals surface area contributed by atoms with Gasteiger partial charge in [0.15, 0.2) is 11.9 Å². The molecule has 0 heterocycles. The molecule has 6 heteroatoms. The van der Waals surface area contributed by atoms with Crippen molar-refractivity contribution in [3.05, 3.63) is 64.7 Å². The highest BCUT2D eigenvalue weighted by Crippen LogP contribution is 2.20. The summed E-state index contributed by atoms with van der Waals surface area (Å²) in [5.74, 6) is -1.20. The third-order valence-corrected chi connectivity index (χ3v) is 4.02. The number of benzene rings is 2. The fourth-order valence-electron chi connectivity index (χ4n) is 2.26. The first-order valence-electron chi connectivity index (χ1n) is 8.21. The minimum atomic E-state index is -0.979. The molecule has 1 atom stereocenters. The molecular weight excluding hydrogens is 354 g/mol. The molecule has 2 rings (SSSR count). The number of anilines is 1. The summed E-state index contributed by atoms with van der Waals surface area (Å²) in [6.07, 6.45) is -1.03. The Labute approximate surface area is 157 Å². The minimum Gasteiger partial charge on any atom is -0.453 e. The number of rotatable bonds is 7. The van der Waals surface area contributed by atoms with Gasteiger partial charge in [-0.25, -0.2) is 0 Å². The van der Waals surface area contributed by atoms with Crippen molar-refractivity contribution in [2.45, 2.75) is 32.8 Å². The fourth-order valence-corrected chi connectivity index (χ4v) is 2.43. The van der Waals surface area contributed by atoms with Crippen molar-refractivity contribution in [1.29, 1.82) is 0 Å². The number of esters is 1. The summed E-state index contributed by atoms with van der Waals surface area (Å²) in [5, 5.41) is 3.17. The lowest BCUT2D eigenvalue weighted by Gasteiger charge is -2.15. The van der Waals surface area contributed by atoms with Crippen molar-refractivity contribution in [2.75, 3.05) is 5.32 Å². The number of hydrogen-bond donors (Lipinski definition) is 1. The second-order valence-electron chi connectivity index (χ2n) is 5.87. The molecule has 0 aromatic heterocycles. The predicted octanol–water partition coefficient (Wildman–Crippen LogP) is 4.18. The monoisotopic (exact) mass is 373 g/mol. The van der Waals surface area contributed by atoms with Gasteiger partial charge < -0.3 is 10.1 Å². The fraction of sp³-hybridized carbons (Fsp3) is 0.250. The third-order valence-electron chi connectivity index (χ3n) is 3.79. The van der Waals surface area contributed by atoms with Crippen LogP contribution in [0.4, 0.5) is 5.69 Å². The molecule has 0 unspecified atom stereocenters. The van der Waals surface area contributed by atoms with Gasteiger partial charge in [-0.2, -0.15) is 0 Å². The summed E-state index contributed by atoms with van der Waals surface area (Å²) in [6, 6.07) is 13.8. The van der Waals surface area contributed by atoms with E-state index in [0.29, 0.717) is 16.3 Å². The topological polar surface area (TPSA) is 72.5 Å². The maximum atomic E-state index is 12.2. The maximum absolute atomic E-state index is 12.2. The smallest absolute Gasteiger partial charge is 0.307 e. The van der Waals surface area contributed by atoms with E-state index in [2.05, 4.69) is 5.32 Å². The molecule has 0 spiro atoms. The van der Waals surface area contributed by atoms with Crippen LogP contribution in [-0.4, -0.2) is 23.8 Å². The molecule has 2 aromatic rings. The number of carbonyl (C=O) groups is 3. The molecule has 0 saturated carbocycles. The van der Waals surface area contributed by atoms with Crippen LogP contribution in [0.2, 0.25) is 5.02 Å². The van der Waals surface area contributed by atoms with Gasteiger partial charge in [0.1, 0.15) is 0 Å². The Hall–Kier alpha value is -2.66. The van der Waals surface area contributed by atoms with E-state index in [4.69, 9.17) is 16.3 Å². The highest BCUT2D eigenvalue weighted by molar-refractivity contribution is 6.31. The molecule has 0 aliphatic rings. The van der Waals surface area contributed by atoms with Gasteiger partial charge in [0.05, 0.1) is 6.42 Å². The zero-order valence-electron chi connectivity index (χ0n) is 14.6. The molecule has 0 fully saturated rings. The van der Waals surface area contributed by atoms with E-state index < -0.39 is 18.0 Å². The average molecular weight is 374 g/mol. The average Bonchev–Trinajstić information content (AvgIpc) is 2.63. The number of nitrogens with one attached hydrogen (secondary N) is 1. The van der Waals surface area contributed by atoms with Gasteiger partial charge in [-0.1, -0.05) is 48.0 Å². The Bertz CT molecular complexity index is 805. The Kier molecular flexibility index (Phi) is 6.92. The molecule has 0 radical (unpaired) electrons. The summed E-state index contributed by atoms with van der Waals surface area (Å²) >= 11 is 5.92. The van der Waals surface area contributed by atoms with Crippen molar-refractivity contribution < 1.29 is 19.1 Å². The van der Waals surface area contributed by atoms with Crippen LogP contribution in [0.3, 0.4) is 0 Å². The van der Waals surface area contributed by atoms with Crippen LogP contribution >= 0.6 is 11.6 Å².